The molecule has 1 aromatic heterocycles. The molecule has 3 aromatic rings. The van der Waals surface area contributed by atoms with E-state index in [0.29, 0.717) is 25.5 Å². The summed E-state index contributed by atoms with van der Waals surface area (Å²) in [6.07, 6.45) is -2.29. The number of rotatable bonds is 6. The Balaban J connectivity index is 1.43. The van der Waals surface area contributed by atoms with Crippen molar-refractivity contribution in [1.82, 2.24) is 24.3 Å². The van der Waals surface area contributed by atoms with Gasteiger partial charge in [0.05, 0.1) is 22.1 Å². The normalized spacial score (nSPS) is 23.3. The van der Waals surface area contributed by atoms with Crippen LogP contribution < -0.4 is 10.6 Å². The molecule has 2 bridgehead atoms. The molecule has 15 heteroatoms. The Morgan fingerprint density at radius 1 is 1.06 bits per heavy atom. The Morgan fingerprint density at radius 2 is 1.73 bits per heavy atom. The van der Waals surface area contributed by atoms with Crippen LogP contribution in [0.25, 0.3) is 22.0 Å². The second-order valence-corrected chi connectivity index (χ2v) is 14.2. The van der Waals surface area contributed by atoms with Crippen LogP contribution in [0.5, 0.6) is 0 Å². The molecule has 0 unspecified atom stereocenters. The molecule has 48 heavy (non-hydrogen) atoms. The summed E-state index contributed by atoms with van der Waals surface area (Å²) in [6.45, 7) is 11.0. The van der Waals surface area contributed by atoms with Gasteiger partial charge in [-0.25, -0.2) is 13.6 Å². The molecule has 7 rings (SSSR count). The molecular formula is C33H34ClF5N6O2S. The summed E-state index contributed by atoms with van der Waals surface area (Å²) in [6, 6.07) is 1.43. The molecule has 8 nitrogen and oxygen atoms in total. The van der Waals surface area contributed by atoms with Gasteiger partial charge in [0.1, 0.15) is 17.5 Å². The predicted molar refractivity (Wildman–Crippen MR) is 176 cm³/mol. The third-order valence-corrected chi connectivity index (χ3v) is 11.6. The molecule has 4 aliphatic heterocycles. The molecule has 0 aliphatic carbocycles. The van der Waals surface area contributed by atoms with Gasteiger partial charge in [-0.05, 0) is 37.6 Å². The van der Waals surface area contributed by atoms with Crippen LogP contribution in [0.2, 0.25) is 5.02 Å². The van der Waals surface area contributed by atoms with Gasteiger partial charge in [0.25, 0.3) is 0 Å². The highest BCUT2D eigenvalue weighted by atomic mass is 35.5. The number of halogens is 6. The van der Waals surface area contributed by atoms with Gasteiger partial charge in [-0.3, -0.25) is 14.3 Å². The lowest BCUT2D eigenvalue weighted by molar-refractivity contribution is -0.137. The number of likely N-dealkylation sites (N-methyl/N-ethyl adjacent to an activating group) is 1. The van der Waals surface area contributed by atoms with Crippen LogP contribution in [0.1, 0.15) is 31.4 Å². The van der Waals surface area contributed by atoms with Crippen LogP contribution in [0.3, 0.4) is 0 Å². The number of anilines is 1. The standard InChI is InChI=1S/C33H34ClF5N6O2S/c1-3-27(46)44-18-5-6-19(44)16-43(15-18)31-22-11-23(33(37,38)39)28(21-12-24(34)26(36)13-25(21)35)30-29(22)45(32(47)40-31)20(17-48-30)14-42-9-7-41(4-2)8-10-42/h3,11-13,18-20H,1,4-10,14-17H2,2H3/t18-,19+,20-/m0/s1. The zero-order chi connectivity index (χ0) is 34.1. The SMILES string of the molecule is C=CC(=O)N1[C@@H]2CC[C@H]1CN(c1nc(=O)n3c4c(c(-c5cc(Cl)c(F)cc5F)c(C(F)(F)F)cc14)SC[C@@H]3CN1CCN(CC)CC1)C2. The van der Waals surface area contributed by atoms with Crippen molar-refractivity contribution >= 4 is 46.0 Å². The Morgan fingerprint density at radius 3 is 2.35 bits per heavy atom. The maximum atomic E-state index is 15.4. The van der Waals surface area contributed by atoms with Gasteiger partial charge in [-0.15, -0.1) is 11.8 Å². The van der Waals surface area contributed by atoms with E-state index >= 15 is 17.6 Å². The highest BCUT2D eigenvalue weighted by molar-refractivity contribution is 7.99. The van der Waals surface area contributed by atoms with E-state index in [1.54, 1.807) is 9.80 Å². The van der Waals surface area contributed by atoms with Crippen LogP contribution in [-0.2, 0) is 11.0 Å². The lowest BCUT2D eigenvalue weighted by Crippen LogP contribution is -2.56. The number of aromatic nitrogens is 2. The van der Waals surface area contributed by atoms with E-state index in [0.717, 1.165) is 56.6 Å². The van der Waals surface area contributed by atoms with Gasteiger partial charge in [0.15, 0.2) is 0 Å². The summed E-state index contributed by atoms with van der Waals surface area (Å²) in [5.41, 5.74) is -2.50. The predicted octanol–water partition coefficient (Wildman–Crippen LogP) is 5.66. The summed E-state index contributed by atoms with van der Waals surface area (Å²) >= 11 is 7.13. The van der Waals surface area contributed by atoms with E-state index in [4.69, 9.17) is 11.6 Å². The molecule has 3 atom stereocenters. The molecule has 0 radical (unpaired) electrons. The van der Waals surface area contributed by atoms with Crippen molar-refractivity contribution < 1.29 is 26.7 Å². The van der Waals surface area contributed by atoms with Crippen LogP contribution in [0.15, 0.2) is 40.5 Å². The fourth-order valence-corrected chi connectivity index (χ4v) is 9.29. The van der Waals surface area contributed by atoms with Crippen molar-refractivity contribution in [2.45, 2.75) is 49.0 Å². The Bertz CT molecular complexity index is 1850. The number of hydrogen-bond donors (Lipinski definition) is 0. The number of nitrogens with zero attached hydrogens (tertiary/aromatic N) is 6. The average Bonchev–Trinajstić information content (AvgIpc) is 3.32. The lowest BCUT2D eigenvalue weighted by Gasteiger charge is -2.42. The van der Waals surface area contributed by atoms with E-state index < -0.39 is 51.3 Å². The minimum Gasteiger partial charge on any atom is -0.352 e. The topological polar surface area (TPSA) is 64.9 Å². The van der Waals surface area contributed by atoms with Gasteiger partial charge < -0.3 is 14.7 Å². The molecule has 2 aromatic carbocycles. The van der Waals surface area contributed by atoms with E-state index in [9.17, 15) is 14.0 Å². The van der Waals surface area contributed by atoms with Crippen LogP contribution in [0.4, 0.5) is 27.8 Å². The zero-order valence-electron chi connectivity index (χ0n) is 26.2. The first-order valence-corrected chi connectivity index (χ1v) is 17.4. The monoisotopic (exact) mass is 708 g/mol. The first kappa shape index (κ1) is 33.3. The van der Waals surface area contributed by atoms with Crippen LogP contribution >= 0.6 is 23.4 Å². The van der Waals surface area contributed by atoms with Crippen molar-refractivity contribution in [3.63, 3.8) is 0 Å². The van der Waals surface area contributed by atoms with Crippen LogP contribution in [-0.4, -0.2) is 100 Å². The fourth-order valence-electron chi connectivity index (χ4n) is 7.80. The number of carbonyl (C=O) groups is 1. The van der Waals surface area contributed by atoms with Gasteiger partial charge in [0, 0.05) is 91.1 Å². The Hall–Kier alpha value is -3.20. The second kappa shape index (κ2) is 12.6. The van der Waals surface area contributed by atoms with Gasteiger partial charge in [-0.2, -0.15) is 18.2 Å². The van der Waals surface area contributed by atoms with Gasteiger partial charge in [0.2, 0.25) is 5.91 Å². The van der Waals surface area contributed by atoms with Crippen LogP contribution in [0, 0.1) is 11.6 Å². The minimum absolute atomic E-state index is 0.0673. The summed E-state index contributed by atoms with van der Waals surface area (Å²) in [5.74, 6) is -2.16. The van der Waals surface area contributed by atoms with Crippen molar-refractivity contribution in [1.29, 1.82) is 0 Å². The highest BCUT2D eigenvalue weighted by Gasteiger charge is 2.44. The van der Waals surface area contributed by atoms with Gasteiger partial charge in [-0.1, -0.05) is 25.1 Å². The maximum Gasteiger partial charge on any atom is 0.417 e. The van der Waals surface area contributed by atoms with E-state index in [-0.39, 0.29) is 58.4 Å². The molecule has 0 spiro atoms. The second-order valence-electron chi connectivity index (χ2n) is 12.8. The van der Waals surface area contributed by atoms with Crippen molar-refractivity contribution in [2.75, 3.05) is 63.0 Å². The maximum absolute atomic E-state index is 15.4. The number of amides is 1. The number of alkyl halides is 3. The number of benzene rings is 2. The Labute approximate surface area is 283 Å². The fraction of sp³-hybridized carbons (Fsp3) is 0.485. The van der Waals surface area contributed by atoms with E-state index in [1.807, 2.05) is 0 Å². The number of fused-ring (bicyclic) bond motifs is 2. The van der Waals surface area contributed by atoms with Gasteiger partial charge >= 0.3 is 11.9 Å². The lowest BCUT2D eigenvalue weighted by atomic mass is 9.95. The summed E-state index contributed by atoms with van der Waals surface area (Å²) in [4.78, 5) is 39.4. The first-order chi connectivity index (χ1) is 22.9. The quantitative estimate of drug-likeness (QED) is 0.186. The smallest absolute Gasteiger partial charge is 0.352 e. The third-order valence-electron chi connectivity index (χ3n) is 10.1. The largest absolute Gasteiger partial charge is 0.417 e. The van der Waals surface area contributed by atoms with Crippen molar-refractivity contribution in [3.05, 3.63) is 63.6 Å². The van der Waals surface area contributed by atoms with Crippen molar-refractivity contribution in [2.24, 2.45) is 0 Å². The minimum atomic E-state index is -4.95. The Kier molecular flexibility index (Phi) is 8.74. The molecule has 0 saturated carbocycles. The first-order valence-electron chi connectivity index (χ1n) is 16.0. The molecule has 4 aliphatic rings. The molecule has 3 fully saturated rings. The summed E-state index contributed by atoms with van der Waals surface area (Å²) in [7, 11) is 0. The average molecular weight is 709 g/mol. The summed E-state index contributed by atoms with van der Waals surface area (Å²) in [5, 5.41) is -0.405. The third kappa shape index (κ3) is 5.67. The molecule has 5 heterocycles. The number of hydrogen-bond acceptors (Lipinski definition) is 7. The zero-order valence-corrected chi connectivity index (χ0v) is 27.8. The molecule has 1 amide bonds. The van der Waals surface area contributed by atoms with Crippen molar-refractivity contribution in [3.8, 4) is 11.1 Å². The molecule has 256 valence electrons. The number of carbonyl (C=O) groups excluding carboxylic acids is 1. The van der Waals surface area contributed by atoms with E-state index in [2.05, 4.69) is 28.3 Å². The molecule has 3 saturated heterocycles. The molecular weight excluding hydrogens is 675 g/mol. The number of piperazine rings is 2. The number of thioether (sulfide) groups is 1. The highest BCUT2D eigenvalue weighted by Crippen LogP contribution is 2.51. The molecule has 0 N–H and O–H groups in total. The summed E-state index contributed by atoms with van der Waals surface area (Å²) < 4.78 is 76.2. The van der Waals surface area contributed by atoms with E-state index in [1.165, 1.54) is 10.6 Å².